The van der Waals surface area contributed by atoms with Crippen LogP contribution in [0.1, 0.15) is 78.5 Å². The fraction of sp³-hybridized carbons (Fsp3) is 0.400. The van der Waals surface area contributed by atoms with Crippen LogP contribution in [0.4, 0.5) is 5.69 Å². The van der Waals surface area contributed by atoms with Crippen LogP contribution in [0.25, 0.3) is 0 Å². The molecule has 3 rings (SSSR count). The number of nitrogens with zero attached hydrogens (tertiary/aromatic N) is 2. The Labute approximate surface area is 193 Å². The molecule has 0 atom stereocenters. The van der Waals surface area contributed by atoms with E-state index in [2.05, 4.69) is 36.4 Å². The summed E-state index contributed by atoms with van der Waals surface area (Å²) in [7, 11) is 0. The van der Waals surface area contributed by atoms with Crippen molar-refractivity contribution in [1.82, 2.24) is 9.78 Å². The van der Waals surface area contributed by atoms with E-state index in [1.165, 1.54) is 0 Å². The molecule has 33 heavy (non-hydrogen) atoms. The van der Waals surface area contributed by atoms with Crippen molar-refractivity contribution in [1.29, 1.82) is 0 Å². The molecule has 8 heteroatoms. The molecular weight excluding hydrogens is 422 g/mol. The van der Waals surface area contributed by atoms with Gasteiger partial charge in [-0.3, -0.25) is 9.48 Å². The highest BCUT2D eigenvalue weighted by Crippen LogP contribution is 2.28. The van der Waals surface area contributed by atoms with Crippen molar-refractivity contribution < 1.29 is 23.5 Å². The summed E-state index contributed by atoms with van der Waals surface area (Å²) in [5, 5.41) is 6.90. The molecule has 0 saturated carbocycles. The lowest BCUT2D eigenvalue weighted by atomic mass is 10.0. The van der Waals surface area contributed by atoms with Crippen LogP contribution in [0.3, 0.4) is 0 Å². The number of hydrogen-bond donors (Lipinski definition) is 1. The standard InChI is InChI=1S/C25H31N3O5/c1-7-28-13-20(23(27-28)25(30)32-16(4)5)26-24(29)21-11-9-18(33-21)14-31-22-12-17(6)8-10-19(22)15(2)3/h8-13,15-16H,7,14H2,1-6H3,(H,26,29). The van der Waals surface area contributed by atoms with E-state index >= 15 is 0 Å². The Morgan fingerprint density at radius 1 is 1.15 bits per heavy atom. The average molecular weight is 454 g/mol. The van der Waals surface area contributed by atoms with Crippen LogP contribution in [-0.2, 0) is 17.9 Å². The molecule has 8 nitrogen and oxygen atoms in total. The molecule has 176 valence electrons. The number of hydrogen-bond acceptors (Lipinski definition) is 6. The van der Waals surface area contributed by atoms with Crippen molar-refractivity contribution in [2.75, 3.05) is 5.32 Å². The predicted molar refractivity (Wildman–Crippen MR) is 125 cm³/mol. The maximum Gasteiger partial charge on any atom is 0.361 e. The molecule has 0 spiro atoms. The third kappa shape index (κ3) is 6.03. The SMILES string of the molecule is CCn1cc(NC(=O)c2ccc(COc3cc(C)ccc3C(C)C)o2)c(C(=O)OC(C)C)n1. The summed E-state index contributed by atoms with van der Waals surface area (Å²) in [6.45, 7) is 12.3. The van der Waals surface area contributed by atoms with Gasteiger partial charge in [-0.2, -0.15) is 5.10 Å². The maximum atomic E-state index is 12.7. The Morgan fingerprint density at radius 2 is 1.91 bits per heavy atom. The highest BCUT2D eigenvalue weighted by Gasteiger charge is 2.22. The highest BCUT2D eigenvalue weighted by molar-refractivity contribution is 6.06. The monoisotopic (exact) mass is 453 g/mol. The van der Waals surface area contributed by atoms with Gasteiger partial charge in [0.15, 0.2) is 11.5 Å². The van der Waals surface area contributed by atoms with Gasteiger partial charge < -0.3 is 19.2 Å². The number of rotatable bonds is 9. The highest BCUT2D eigenvalue weighted by atomic mass is 16.5. The summed E-state index contributed by atoms with van der Waals surface area (Å²) in [6, 6.07) is 9.39. The fourth-order valence-corrected chi connectivity index (χ4v) is 3.25. The third-order valence-corrected chi connectivity index (χ3v) is 4.92. The minimum absolute atomic E-state index is 0.0506. The zero-order chi connectivity index (χ0) is 24.1. The van der Waals surface area contributed by atoms with E-state index in [0.717, 1.165) is 16.9 Å². The van der Waals surface area contributed by atoms with Gasteiger partial charge in [-0.15, -0.1) is 0 Å². The van der Waals surface area contributed by atoms with Crippen LogP contribution in [0.2, 0.25) is 0 Å². The first kappa shape index (κ1) is 24.1. The first-order chi connectivity index (χ1) is 15.7. The number of benzene rings is 1. The molecule has 2 heterocycles. The van der Waals surface area contributed by atoms with Crippen LogP contribution in [-0.4, -0.2) is 27.8 Å². The second-order valence-corrected chi connectivity index (χ2v) is 8.41. The molecule has 1 N–H and O–H groups in total. The molecule has 1 amide bonds. The number of furan rings is 1. The maximum absolute atomic E-state index is 12.7. The quantitative estimate of drug-likeness (QED) is 0.440. The van der Waals surface area contributed by atoms with E-state index in [-0.39, 0.29) is 29.9 Å². The van der Waals surface area contributed by atoms with Crippen LogP contribution in [0.15, 0.2) is 40.9 Å². The number of carbonyl (C=O) groups is 2. The zero-order valence-corrected chi connectivity index (χ0v) is 20.0. The van der Waals surface area contributed by atoms with Gasteiger partial charge in [0, 0.05) is 12.7 Å². The lowest BCUT2D eigenvalue weighted by Crippen LogP contribution is -2.17. The summed E-state index contributed by atoms with van der Waals surface area (Å²) < 4.78 is 18.5. The smallest absolute Gasteiger partial charge is 0.361 e. The van der Waals surface area contributed by atoms with Crippen molar-refractivity contribution in [2.24, 2.45) is 0 Å². The van der Waals surface area contributed by atoms with Crippen LogP contribution in [0, 0.1) is 6.92 Å². The summed E-state index contributed by atoms with van der Waals surface area (Å²) >= 11 is 0. The number of aromatic nitrogens is 2. The molecule has 0 aliphatic rings. The van der Waals surface area contributed by atoms with Gasteiger partial charge in [-0.25, -0.2) is 4.79 Å². The first-order valence-corrected chi connectivity index (χ1v) is 11.1. The normalized spacial score (nSPS) is 11.2. The number of amides is 1. The van der Waals surface area contributed by atoms with Crippen molar-refractivity contribution in [3.05, 3.63) is 64.9 Å². The zero-order valence-electron chi connectivity index (χ0n) is 20.0. The lowest BCUT2D eigenvalue weighted by Gasteiger charge is -2.14. The number of carbonyl (C=O) groups excluding carboxylic acids is 2. The van der Waals surface area contributed by atoms with Crippen molar-refractivity contribution in [3.63, 3.8) is 0 Å². The Morgan fingerprint density at radius 3 is 2.58 bits per heavy atom. The topological polar surface area (TPSA) is 95.6 Å². The number of aryl methyl sites for hydroxylation is 2. The Bertz CT molecular complexity index is 1130. The number of esters is 1. The average Bonchev–Trinajstić information content (AvgIpc) is 3.38. The second-order valence-electron chi connectivity index (χ2n) is 8.41. The van der Waals surface area contributed by atoms with Gasteiger partial charge in [0.2, 0.25) is 0 Å². The van der Waals surface area contributed by atoms with Crippen molar-refractivity contribution in [3.8, 4) is 5.75 Å². The van der Waals surface area contributed by atoms with Crippen LogP contribution < -0.4 is 10.1 Å². The van der Waals surface area contributed by atoms with Gasteiger partial charge in [0.25, 0.3) is 5.91 Å². The molecule has 0 aliphatic heterocycles. The van der Waals surface area contributed by atoms with Gasteiger partial charge in [-0.05, 0) is 62.9 Å². The van der Waals surface area contributed by atoms with Crippen molar-refractivity contribution >= 4 is 17.6 Å². The fourth-order valence-electron chi connectivity index (χ4n) is 3.25. The summed E-state index contributed by atoms with van der Waals surface area (Å²) in [5.41, 5.74) is 2.53. The molecule has 3 aromatic rings. The van der Waals surface area contributed by atoms with Gasteiger partial charge >= 0.3 is 5.97 Å². The largest absolute Gasteiger partial charge is 0.485 e. The number of nitrogens with one attached hydrogen (secondary N) is 1. The molecule has 0 bridgehead atoms. The number of anilines is 1. The van der Waals surface area contributed by atoms with Crippen LogP contribution >= 0.6 is 0 Å². The predicted octanol–water partition coefficient (Wildman–Crippen LogP) is 5.32. The van der Waals surface area contributed by atoms with Gasteiger partial charge in [-0.1, -0.05) is 26.0 Å². The van der Waals surface area contributed by atoms with Crippen LogP contribution in [0.5, 0.6) is 5.75 Å². The Balaban J connectivity index is 1.71. The van der Waals surface area contributed by atoms with E-state index < -0.39 is 11.9 Å². The molecule has 0 aliphatic carbocycles. The summed E-state index contributed by atoms with van der Waals surface area (Å²) in [4.78, 5) is 25.1. The molecule has 0 fully saturated rings. The minimum atomic E-state index is -0.597. The molecule has 1 aromatic carbocycles. The molecular formula is C25H31N3O5. The van der Waals surface area contributed by atoms with E-state index in [0.29, 0.717) is 18.2 Å². The van der Waals surface area contributed by atoms with E-state index in [1.54, 1.807) is 36.9 Å². The van der Waals surface area contributed by atoms with Gasteiger partial charge in [0.1, 0.15) is 18.1 Å². The summed E-state index contributed by atoms with van der Waals surface area (Å²) in [5.74, 6) is 0.648. The molecule has 0 radical (unpaired) electrons. The lowest BCUT2D eigenvalue weighted by molar-refractivity contribution is 0.0371. The Kier molecular flexibility index (Phi) is 7.58. The van der Waals surface area contributed by atoms with E-state index in [9.17, 15) is 9.59 Å². The Hall–Kier alpha value is -3.55. The first-order valence-electron chi connectivity index (χ1n) is 11.1. The van der Waals surface area contributed by atoms with Crippen molar-refractivity contribution in [2.45, 2.75) is 66.7 Å². The third-order valence-electron chi connectivity index (χ3n) is 4.92. The van der Waals surface area contributed by atoms with Gasteiger partial charge in [0.05, 0.1) is 11.8 Å². The van der Waals surface area contributed by atoms with E-state index in [4.69, 9.17) is 13.9 Å². The minimum Gasteiger partial charge on any atom is -0.485 e. The second kappa shape index (κ2) is 10.4. The number of ether oxygens (including phenoxy) is 2. The summed E-state index contributed by atoms with van der Waals surface area (Å²) in [6.07, 6.45) is 1.29. The molecule has 0 unspecified atom stereocenters. The molecule has 0 saturated heterocycles. The molecule has 2 aromatic heterocycles. The van der Waals surface area contributed by atoms with E-state index in [1.807, 2.05) is 19.9 Å².